The zero-order valence-electron chi connectivity index (χ0n) is 14.3. The average molecular weight is 347 g/mol. The van der Waals surface area contributed by atoms with Gasteiger partial charge in [0.2, 0.25) is 0 Å². The van der Waals surface area contributed by atoms with Crippen molar-refractivity contribution in [2.24, 2.45) is 0 Å². The molecule has 1 amide bonds. The van der Waals surface area contributed by atoms with Crippen LogP contribution < -0.4 is 0 Å². The summed E-state index contributed by atoms with van der Waals surface area (Å²) < 4.78 is 26.8. The van der Waals surface area contributed by atoms with Crippen molar-refractivity contribution in [3.8, 4) is 0 Å². The van der Waals surface area contributed by atoms with Gasteiger partial charge in [-0.2, -0.15) is 0 Å². The molecule has 3 rings (SSSR count). The van der Waals surface area contributed by atoms with E-state index >= 15 is 0 Å². The van der Waals surface area contributed by atoms with Gasteiger partial charge in [-0.15, -0.1) is 0 Å². The topological polar surface area (TPSA) is 66.3 Å². The minimum Gasteiger partial charge on any atom is -0.391 e. The molecule has 1 saturated heterocycles. The molecule has 1 N–H and O–H groups in total. The lowest BCUT2D eigenvalue weighted by atomic mass is 10.0. The molecule has 1 aromatic carbocycles. The minimum absolute atomic E-state index is 0.108. The van der Waals surface area contributed by atoms with Crippen LogP contribution in [0.4, 0.5) is 8.78 Å². The summed E-state index contributed by atoms with van der Waals surface area (Å²) in [6.07, 6.45) is -0.476. The van der Waals surface area contributed by atoms with Crippen LogP contribution in [0, 0.1) is 32.4 Å². The number of rotatable bonds is 2. The number of hydrogen-bond donors (Lipinski definition) is 1. The lowest BCUT2D eigenvalue weighted by Gasteiger charge is -2.25. The Morgan fingerprint density at radius 1 is 1.12 bits per heavy atom. The van der Waals surface area contributed by atoms with E-state index in [1.165, 1.54) is 11.0 Å². The van der Waals surface area contributed by atoms with Gasteiger partial charge in [0.05, 0.1) is 29.2 Å². The highest BCUT2D eigenvalue weighted by molar-refractivity contribution is 5.94. The second-order valence-electron chi connectivity index (χ2n) is 6.36. The van der Waals surface area contributed by atoms with Crippen molar-refractivity contribution in [3.63, 3.8) is 0 Å². The molecule has 132 valence electrons. The number of aryl methyl sites for hydroxylation is 3. The van der Waals surface area contributed by atoms with Gasteiger partial charge in [-0.25, -0.2) is 13.8 Å². The van der Waals surface area contributed by atoms with Crippen molar-refractivity contribution < 1.29 is 18.7 Å². The van der Waals surface area contributed by atoms with Gasteiger partial charge >= 0.3 is 0 Å². The van der Waals surface area contributed by atoms with Crippen molar-refractivity contribution in [2.75, 3.05) is 6.54 Å². The molecule has 2 atom stereocenters. The SMILES string of the molecule is Cc1nc(C)c(C(=O)N2C[C@@H](O)C[C@H]2c2ccc(F)c(F)c2)nc1C. The van der Waals surface area contributed by atoms with E-state index in [9.17, 15) is 18.7 Å². The summed E-state index contributed by atoms with van der Waals surface area (Å²) in [7, 11) is 0. The van der Waals surface area contributed by atoms with E-state index in [0.29, 0.717) is 17.0 Å². The van der Waals surface area contributed by atoms with Crippen LogP contribution in [0.15, 0.2) is 18.2 Å². The monoisotopic (exact) mass is 347 g/mol. The first-order chi connectivity index (χ1) is 11.8. The molecule has 0 saturated carbocycles. The number of benzene rings is 1. The molecule has 25 heavy (non-hydrogen) atoms. The summed E-state index contributed by atoms with van der Waals surface area (Å²) in [5, 5.41) is 10.0. The molecule has 1 aromatic heterocycles. The predicted octanol–water partition coefficient (Wildman–Crippen LogP) is 2.63. The first-order valence-electron chi connectivity index (χ1n) is 8.03. The van der Waals surface area contributed by atoms with Crippen molar-refractivity contribution in [2.45, 2.75) is 39.3 Å². The molecular formula is C18H19F2N3O2. The highest BCUT2D eigenvalue weighted by Crippen LogP contribution is 2.34. The molecule has 7 heteroatoms. The van der Waals surface area contributed by atoms with Crippen molar-refractivity contribution >= 4 is 5.91 Å². The summed E-state index contributed by atoms with van der Waals surface area (Å²) in [5.41, 5.74) is 2.55. The largest absolute Gasteiger partial charge is 0.391 e. The highest BCUT2D eigenvalue weighted by Gasteiger charge is 2.37. The van der Waals surface area contributed by atoms with Gasteiger partial charge in [-0.05, 0) is 44.9 Å². The maximum absolute atomic E-state index is 13.6. The summed E-state index contributed by atoms with van der Waals surface area (Å²) >= 11 is 0. The van der Waals surface area contributed by atoms with E-state index in [-0.39, 0.29) is 24.6 Å². The van der Waals surface area contributed by atoms with Gasteiger partial charge in [-0.1, -0.05) is 6.07 Å². The average Bonchev–Trinajstić information content (AvgIpc) is 2.95. The van der Waals surface area contributed by atoms with Crippen molar-refractivity contribution in [1.29, 1.82) is 0 Å². The number of aliphatic hydroxyl groups is 1. The van der Waals surface area contributed by atoms with E-state index in [0.717, 1.165) is 17.8 Å². The number of nitrogens with zero attached hydrogens (tertiary/aromatic N) is 3. The van der Waals surface area contributed by atoms with Crippen LogP contribution in [-0.4, -0.2) is 38.5 Å². The third-order valence-electron chi connectivity index (χ3n) is 4.55. The van der Waals surface area contributed by atoms with Crippen LogP contribution in [0.25, 0.3) is 0 Å². The number of aliphatic hydroxyl groups excluding tert-OH is 1. The lowest BCUT2D eigenvalue weighted by molar-refractivity contribution is 0.0708. The Kier molecular flexibility index (Phi) is 4.51. The summed E-state index contributed by atoms with van der Waals surface area (Å²) in [6, 6.07) is 2.98. The molecule has 1 aliphatic heterocycles. The van der Waals surface area contributed by atoms with Gasteiger partial charge in [-0.3, -0.25) is 9.78 Å². The quantitative estimate of drug-likeness (QED) is 0.907. The Morgan fingerprint density at radius 3 is 2.48 bits per heavy atom. The van der Waals surface area contributed by atoms with Crippen LogP contribution in [0.2, 0.25) is 0 Å². The third-order valence-corrected chi connectivity index (χ3v) is 4.55. The molecule has 0 spiro atoms. The summed E-state index contributed by atoms with van der Waals surface area (Å²) in [4.78, 5) is 23.1. The summed E-state index contributed by atoms with van der Waals surface area (Å²) in [6.45, 7) is 5.39. The van der Waals surface area contributed by atoms with Crippen molar-refractivity contribution in [3.05, 3.63) is 58.2 Å². The molecule has 1 aliphatic rings. The Balaban J connectivity index is 1.98. The van der Waals surface area contributed by atoms with Gasteiger partial charge in [0.15, 0.2) is 11.6 Å². The van der Waals surface area contributed by atoms with Crippen LogP contribution in [0.1, 0.15) is 45.6 Å². The molecule has 1 fully saturated rings. The van der Waals surface area contributed by atoms with E-state index in [1.54, 1.807) is 13.8 Å². The van der Waals surface area contributed by atoms with Crippen LogP contribution in [0.3, 0.4) is 0 Å². The molecule has 0 unspecified atom stereocenters. The van der Waals surface area contributed by atoms with Crippen molar-refractivity contribution in [1.82, 2.24) is 14.9 Å². The van der Waals surface area contributed by atoms with E-state index in [1.807, 2.05) is 6.92 Å². The molecule has 0 aliphatic carbocycles. The normalized spacial score (nSPS) is 20.2. The first kappa shape index (κ1) is 17.4. The number of β-amino-alcohol motifs (C(OH)–C–C–N with tert-alkyl or cyclic N) is 1. The van der Waals surface area contributed by atoms with Gasteiger partial charge in [0.25, 0.3) is 5.91 Å². The Labute approximate surface area is 144 Å². The second-order valence-corrected chi connectivity index (χ2v) is 6.36. The zero-order valence-corrected chi connectivity index (χ0v) is 14.3. The van der Waals surface area contributed by atoms with Gasteiger partial charge < -0.3 is 10.0 Å². The summed E-state index contributed by atoms with van der Waals surface area (Å²) in [5.74, 6) is -2.30. The van der Waals surface area contributed by atoms with E-state index in [2.05, 4.69) is 9.97 Å². The van der Waals surface area contributed by atoms with Gasteiger partial charge in [0.1, 0.15) is 5.69 Å². The number of amides is 1. The predicted molar refractivity (Wildman–Crippen MR) is 87.0 cm³/mol. The molecule has 5 nitrogen and oxygen atoms in total. The number of likely N-dealkylation sites (tertiary alicyclic amines) is 1. The second kappa shape index (κ2) is 6.48. The maximum atomic E-state index is 13.6. The lowest BCUT2D eigenvalue weighted by Crippen LogP contribution is -2.33. The first-order valence-corrected chi connectivity index (χ1v) is 8.03. The fraction of sp³-hybridized carbons (Fsp3) is 0.389. The highest BCUT2D eigenvalue weighted by atomic mass is 19.2. The maximum Gasteiger partial charge on any atom is 0.274 e. The van der Waals surface area contributed by atoms with Crippen LogP contribution >= 0.6 is 0 Å². The Bertz CT molecular complexity index is 841. The van der Waals surface area contributed by atoms with E-state index in [4.69, 9.17) is 0 Å². The number of aromatic nitrogens is 2. The molecule has 2 heterocycles. The fourth-order valence-electron chi connectivity index (χ4n) is 3.13. The van der Waals surface area contributed by atoms with Crippen LogP contribution in [0.5, 0.6) is 0 Å². The molecule has 0 radical (unpaired) electrons. The minimum atomic E-state index is -0.978. The fourth-order valence-corrected chi connectivity index (χ4v) is 3.13. The van der Waals surface area contributed by atoms with Crippen LogP contribution in [-0.2, 0) is 0 Å². The van der Waals surface area contributed by atoms with Gasteiger partial charge in [0, 0.05) is 6.54 Å². The number of carbonyl (C=O) groups excluding carboxylic acids is 1. The molecule has 2 aromatic rings. The number of halogens is 2. The number of hydrogen-bond acceptors (Lipinski definition) is 4. The molecular weight excluding hydrogens is 328 g/mol. The molecule has 0 bridgehead atoms. The number of carbonyl (C=O) groups is 1. The smallest absolute Gasteiger partial charge is 0.274 e. The Morgan fingerprint density at radius 2 is 1.80 bits per heavy atom. The zero-order chi connectivity index (χ0) is 18.3. The standard InChI is InChI=1S/C18H19F2N3O2/c1-9-10(2)22-17(11(3)21-9)18(25)23-8-13(24)7-16(23)12-4-5-14(19)15(20)6-12/h4-6,13,16,24H,7-8H2,1-3H3/t13-,16-/m0/s1. The van der Waals surface area contributed by atoms with E-state index < -0.39 is 23.8 Å². The Hall–Kier alpha value is -2.41. The third kappa shape index (κ3) is 3.24.